The van der Waals surface area contributed by atoms with Crippen molar-refractivity contribution in [2.75, 3.05) is 13.2 Å². The fraction of sp³-hybridized carbons (Fsp3) is 0.393. The number of hydrogen-bond donors (Lipinski definition) is 2. The SMILES string of the molecule is C=CCC(C)/C(C)=C(/c1ccc(O)cc1)c1ccc(OCCCCNC(=O)C2CC2)cc1. The summed E-state index contributed by atoms with van der Waals surface area (Å²) in [5.41, 5.74) is 4.67. The van der Waals surface area contributed by atoms with Crippen molar-refractivity contribution in [1.82, 2.24) is 5.32 Å². The number of benzene rings is 2. The number of aromatic hydroxyl groups is 1. The van der Waals surface area contributed by atoms with E-state index < -0.39 is 0 Å². The number of carbonyl (C=O) groups is 1. The van der Waals surface area contributed by atoms with Crippen LogP contribution in [0.4, 0.5) is 0 Å². The highest BCUT2D eigenvalue weighted by Crippen LogP contribution is 2.33. The Balaban J connectivity index is 1.61. The van der Waals surface area contributed by atoms with Gasteiger partial charge in [-0.3, -0.25) is 4.79 Å². The third-order valence-corrected chi connectivity index (χ3v) is 6.04. The zero-order chi connectivity index (χ0) is 22.9. The lowest BCUT2D eigenvalue weighted by Gasteiger charge is -2.18. The number of rotatable bonds is 12. The molecule has 0 radical (unpaired) electrons. The van der Waals surface area contributed by atoms with Gasteiger partial charge in [0.1, 0.15) is 11.5 Å². The summed E-state index contributed by atoms with van der Waals surface area (Å²) in [7, 11) is 0. The maximum Gasteiger partial charge on any atom is 0.223 e. The summed E-state index contributed by atoms with van der Waals surface area (Å²) in [6.45, 7) is 9.62. The van der Waals surface area contributed by atoms with Gasteiger partial charge < -0.3 is 15.2 Å². The van der Waals surface area contributed by atoms with Gasteiger partial charge in [-0.25, -0.2) is 0 Å². The normalized spacial score (nSPS) is 14.9. The molecule has 1 saturated carbocycles. The van der Waals surface area contributed by atoms with Crippen LogP contribution in [0, 0.1) is 11.8 Å². The second-order valence-corrected chi connectivity index (χ2v) is 8.68. The molecule has 2 N–H and O–H groups in total. The quantitative estimate of drug-likeness (QED) is 0.313. The number of hydrogen-bond acceptors (Lipinski definition) is 3. The first kappa shape index (κ1) is 23.6. The molecule has 0 aromatic heterocycles. The van der Waals surface area contributed by atoms with E-state index in [1.165, 1.54) is 11.1 Å². The number of phenols is 1. The summed E-state index contributed by atoms with van der Waals surface area (Å²) in [6, 6.07) is 15.6. The minimum absolute atomic E-state index is 0.205. The molecule has 0 spiro atoms. The molecular weight excluding hydrogens is 398 g/mol. The number of ether oxygens (including phenoxy) is 1. The molecule has 1 atom stereocenters. The molecule has 2 aromatic rings. The van der Waals surface area contributed by atoms with E-state index in [2.05, 4.69) is 37.9 Å². The minimum Gasteiger partial charge on any atom is -0.508 e. The third kappa shape index (κ3) is 6.74. The van der Waals surface area contributed by atoms with Gasteiger partial charge in [0, 0.05) is 12.5 Å². The third-order valence-electron chi connectivity index (χ3n) is 6.04. The Kier molecular flexibility index (Phi) is 8.55. The topological polar surface area (TPSA) is 58.6 Å². The first-order valence-corrected chi connectivity index (χ1v) is 11.6. The molecule has 1 aliphatic rings. The number of phenolic OH excluding ortho intramolecular Hbond substituents is 1. The van der Waals surface area contributed by atoms with Gasteiger partial charge in [0.15, 0.2) is 0 Å². The molecule has 0 saturated heterocycles. The molecule has 0 bridgehead atoms. The van der Waals surface area contributed by atoms with Gasteiger partial charge in [-0.15, -0.1) is 6.58 Å². The summed E-state index contributed by atoms with van der Waals surface area (Å²) < 4.78 is 5.90. The fourth-order valence-electron chi connectivity index (χ4n) is 3.76. The van der Waals surface area contributed by atoms with Crippen molar-refractivity contribution in [3.63, 3.8) is 0 Å². The van der Waals surface area contributed by atoms with Gasteiger partial charge in [-0.1, -0.05) is 42.8 Å². The van der Waals surface area contributed by atoms with Gasteiger partial charge in [-0.05, 0) is 85.9 Å². The van der Waals surface area contributed by atoms with Crippen LogP contribution in [0.25, 0.3) is 5.57 Å². The molecule has 1 amide bonds. The van der Waals surface area contributed by atoms with Gasteiger partial charge in [0.25, 0.3) is 0 Å². The zero-order valence-electron chi connectivity index (χ0n) is 19.3. The molecule has 0 aliphatic heterocycles. The Bertz CT molecular complexity index is 924. The van der Waals surface area contributed by atoms with Crippen LogP contribution in [0.2, 0.25) is 0 Å². The molecule has 3 rings (SSSR count). The van der Waals surface area contributed by atoms with Crippen LogP contribution in [-0.4, -0.2) is 24.2 Å². The molecule has 32 heavy (non-hydrogen) atoms. The Labute approximate surface area is 192 Å². The number of unbranched alkanes of at least 4 members (excludes halogenated alkanes) is 1. The van der Waals surface area contributed by atoms with Crippen LogP contribution in [-0.2, 0) is 4.79 Å². The van der Waals surface area contributed by atoms with Crippen molar-refractivity contribution in [3.05, 3.63) is 77.9 Å². The van der Waals surface area contributed by atoms with E-state index in [9.17, 15) is 9.90 Å². The monoisotopic (exact) mass is 433 g/mol. The van der Waals surface area contributed by atoms with Crippen LogP contribution in [0.3, 0.4) is 0 Å². The van der Waals surface area contributed by atoms with Gasteiger partial charge >= 0.3 is 0 Å². The van der Waals surface area contributed by atoms with Crippen molar-refractivity contribution in [2.45, 2.75) is 46.0 Å². The highest BCUT2D eigenvalue weighted by atomic mass is 16.5. The van der Waals surface area contributed by atoms with E-state index in [0.29, 0.717) is 12.5 Å². The number of nitrogens with one attached hydrogen (secondary N) is 1. The highest BCUT2D eigenvalue weighted by Gasteiger charge is 2.28. The number of carbonyl (C=O) groups excluding carboxylic acids is 1. The zero-order valence-corrected chi connectivity index (χ0v) is 19.3. The summed E-state index contributed by atoms with van der Waals surface area (Å²) >= 11 is 0. The number of amides is 1. The molecule has 2 aromatic carbocycles. The summed E-state index contributed by atoms with van der Waals surface area (Å²) in [5, 5.41) is 12.7. The maximum absolute atomic E-state index is 11.6. The smallest absolute Gasteiger partial charge is 0.223 e. The predicted molar refractivity (Wildman–Crippen MR) is 131 cm³/mol. The standard InChI is InChI=1S/C28H35NO3/c1-4-7-20(2)21(3)27(22-10-14-25(30)15-11-22)23-12-16-26(17-13-23)32-19-6-5-18-29-28(31)24-8-9-24/h4,10-17,20,24,30H,1,5-9,18-19H2,2-3H3,(H,29,31)/b27-21-. The molecule has 1 unspecified atom stereocenters. The van der Waals surface area contributed by atoms with E-state index in [1.54, 1.807) is 12.1 Å². The molecule has 170 valence electrons. The lowest BCUT2D eigenvalue weighted by molar-refractivity contribution is -0.122. The average Bonchev–Trinajstić information content (AvgIpc) is 3.64. The van der Waals surface area contributed by atoms with Crippen molar-refractivity contribution in [3.8, 4) is 11.5 Å². The molecular formula is C28H35NO3. The van der Waals surface area contributed by atoms with Crippen LogP contribution >= 0.6 is 0 Å². The van der Waals surface area contributed by atoms with Crippen LogP contribution < -0.4 is 10.1 Å². The Morgan fingerprint density at radius 2 is 1.75 bits per heavy atom. The molecule has 0 heterocycles. The van der Waals surface area contributed by atoms with Gasteiger partial charge in [0.2, 0.25) is 5.91 Å². The van der Waals surface area contributed by atoms with E-state index in [0.717, 1.165) is 55.5 Å². The lowest BCUT2D eigenvalue weighted by Crippen LogP contribution is -2.25. The van der Waals surface area contributed by atoms with E-state index >= 15 is 0 Å². The fourth-order valence-corrected chi connectivity index (χ4v) is 3.76. The van der Waals surface area contributed by atoms with Crippen molar-refractivity contribution in [1.29, 1.82) is 0 Å². The van der Waals surface area contributed by atoms with E-state index in [-0.39, 0.29) is 17.6 Å². The van der Waals surface area contributed by atoms with Gasteiger partial charge in [-0.2, -0.15) is 0 Å². The number of allylic oxidation sites excluding steroid dienone is 2. The molecule has 1 aliphatic carbocycles. The Morgan fingerprint density at radius 1 is 1.12 bits per heavy atom. The summed E-state index contributed by atoms with van der Waals surface area (Å²) in [5.74, 6) is 1.95. The average molecular weight is 434 g/mol. The lowest BCUT2D eigenvalue weighted by atomic mass is 9.87. The van der Waals surface area contributed by atoms with Crippen molar-refractivity contribution in [2.24, 2.45) is 11.8 Å². The van der Waals surface area contributed by atoms with Crippen LogP contribution in [0.5, 0.6) is 11.5 Å². The maximum atomic E-state index is 11.6. The Morgan fingerprint density at radius 3 is 2.34 bits per heavy atom. The van der Waals surface area contributed by atoms with E-state index in [1.807, 2.05) is 30.3 Å². The molecule has 1 fully saturated rings. The largest absolute Gasteiger partial charge is 0.508 e. The van der Waals surface area contributed by atoms with Crippen molar-refractivity contribution >= 4 is 11.5 Å². The summed E-state index contributed by atoms with van der Waals surface area (Å²) in [4.78, 5) is 11.6. The minimum atomic E-state index is 0.205. The summed E-state index contributed by atoms with van der Waals surface area (Å²) in [6.07, 6.45) is 6.78. The second kappa shape index (κ2) is 11.6. The van der Waals surface area contributed by atoms with E-state index in [4.69, 9.17) is 4.74 Å². The first-order chi connectivity index (χ1) is 15.5. The Hall–Kier alpha value is -3.01. The van der Waals surface area contributed by atoms with Crippen LogP contribution in [0.15, 0.2) is 66.8 Å². The first-order valence-electron chi connectivity index (χ1n) is 11.6. The van der Waals surface area contributed by atoms with Gasteiger partial charge in [0.05, 0.1) is 6.61 Å². The molecule has 4 heteroatoms. The highest BCUT2D eigenvalue weighted by molar-refractivity contribution is 5.82. The predicted octanol–water partition coefficient (Wildman–Crippen LogP) is 6.11. The molecule has 4 nitrogen and oxygen atoms in total. The van der Waals surface area contributed by atoms with Crippen LogP contribution in [0.1, 0.15) is 57.1 Å². The second-order valence-electron chi connectivity index (χ2n) is 8.68. The van der Waals surface area contributed by atoms with Crippen molar-refractivity contribution < 1.29 is 14.6 Å².